The Morgan fingerprint density at radius 3 is 2.57 bits per heavy atom. The Balaban J connectivity index is 2.45. The molecule has 21 heavy (non-hydrogen) atoms. The minimum atomic E-state index is -0.632. The van der Waals surface area contributed by atoms with Crippen molar-refractivity contribution in [3.05, 3.63) is 34.9 Å². The van der Waals surface area contributed by atoms with Crippen LogP contribution in [0.4, 0.5) is 4.79 Å². The van der Waals surface area contributed by atoms with Gasteiger partial charge >= 0.3 is 12.0 Å². The molecule has 0 aliphatic heterocycles. The number of thioether (sulfide) groups is 1. The molecular formula is C14H19ClN2O3S. The molecule has 1 aromatic rings. The maximum absolute atomic E-state index is 11.8. The fourth-order valence-electron chi connectivity index (χ4n) is 1.62. The molecule has 0 aromatic heterocycles. The summed E-state index contributed by atoms with van der Waals surface area (Å²) in [6, 6.07) is 6.13. The first-order valence-corrected chi connectivity index (χ1v) is 8.19. The SMILES string of the molecule is COC(=O)[C@H](CCSC)NC(=O)NCc1ccc(Cl)cc1. The Morgan fingerprint density at radius 2 is 2.00 bits per heavy atom. The Bertz CT molecular complexity index is 468. The number of rotatable bonds is 7. The van der Waals surface area contributed by atoms with Gasteiger partial charge in [0.1, 0.15) is 6.04 Å². The smallest absolute Gasteiger partial charge is 0.328 e. The lowest BCUT2D eigenvalue weighted by molar-refractivity contribution is -0.142. The van der Waals surface area contributed by atoms with Gasteiger partial charge in [0.25, 0.3) is 0 Å². The third-order valence-electron chi connectivity index (χ3n) is 2.77. The van der Waals surface area contributed by atoms with Crippen LogP contribution in [-0.4, -0.2) is 37.2 Å². The summed E-state index contributed by atoms with van der Waals surface area (Å²) in [5.74, 6) is 0.322. The molecule has 1 atom stereocenters. The number of methoxy groups -OCH3 is 1. The number of nitrogens with one attached hydrogen (secondary N) is 2. The van der Waals surface area contributed by atoms with E-state index in [1.165, 1.54) is 7.11 Å². The van der Waals surface area contributed by atoms with Crippen LogP contribution in [0.15, 0.2) is 24.3 Å². The Kier molecular flexibility index (Phi) is 8.00. The van der Waals surface area contributed by atoms with Crippen LogP contribution in [-0.2, 0) is 16.1 Å². The van der Waals surface area contributed by atoms with Crippen molar-refractivity contribution in [2.24, 2.45) is 0 Å². The van der Waals surface area contributed by atoms with Crippen LogP contribution in [0.2, 0.25) is 5.02 Å². The topological polar surface area (TPSA) is 67.4 Å². The van der Waals surface area contributed by atoms with E-state index in [1.54, 1.807) is 23.9 Å². The molecule has 0 spiro atoms. The summed E-state index contributed by atoms with van der Waals surface area (Å²) >= 11 is 7.39. The Hall–Kier alpha value is -1.40. The van der Waals surface area contributed by atoms with Crippen LogP contribution >= 0.6 is 23.4 Å². The average Bonchev–Trinajstić information content (AvgIpc) is 2.50. The summed E-state index contributed by atoms with van der Waals surface area (Å²) in [5.41, 5.74) is 0.924. The standard InChI is InChI=1S/C14H19ClN2O3S/c1-20-13(18)12(7-8-21-2)17-14(19)16-9-10-3-5-11(15)6-4-10/h3-6,12H,7-9H2,1-2H3,(H2,16,17,19)/t12-/m0/s1. The van der Waals surface area contributed by atoms with Gasteiger partial charge in [0.05, 0.1) is 7.11 Å². The van der Waals surface area contributed by atoms with Crippen LogP contribution in [0.3, 0.4) is 0 Å². The highest BCUT2D eigenvalue weighted by Crippen LogP contribution is 2.09. The van der Waals surface area contributed by atoms with Gasteiger partial charge in [-0.1, -0.05) is 23.7 Å². The van der Waals surface area contributed by atoms with Gasteiger partial charge in [-0.25, -0.2) is 9.59 Å². The molecule has 1 aromatic carbocycles. The van der Waals surface area contributed by atoms with Gasteiger partial charge in [0.15, 0.2) is 0 Å². The summed E-state index contributed by atoms with van der Waals surface area (Å²) in [4.78, 5) is 23.4. The summed E-state index contributed by atoms with van der Waals surface area (Å²) in [5, 5.41) is 5.96. The number of hydrogen-bond donors (Lipinski definition) is 2. The first-order valence-electron chi connectivity index (χ1n) is 6.42. The van der Waals surface area contributed by atoms with Crippen LogP contribution in [0.25, 0.3) is 0 Å². The van der Waals surface area contributed by atoms with Gasteiger partial charge in [-0.3, -0.25) is 0 Å². The summed E-state index contributed by atoms with van der Waals surface area (Å²) in [6.45, 7) is 0.361. The van der Waals surface area contributed by atoms with E-state index in [2.05, 4.69) is 15.4 Å². The van der Waals surface area contributed by atoms with E-state index < -0.39 is 18.0 Å². The summed E-state index contributed by atoms with van der Waals surface area (Å²) in [7, 11) is 1.31. The number of esters is 1. The molecule has 0 fully saturated rings. The van der Waals surface area contributed by atoms with Gasteiger partial charge in [0.2, 0.25) is 0 Å². The van der Waals surface area contributed by atoms with Crippen LogP contribution < -0.4 is 10.6 Å². The molecule has 0 aliphatic rings. The van der Waals surface area contributed by atoms with Gasteiger partial charge in [-0.2, -0.15) is 11.8 Å². The van der Waals surface area contributed by atoms with Crippen molar-refractivity contribution in [2.75, 3.05) is 19.1 Å². The number of carbonyl (C=O) groups excluding carboxylic acids is 2. The van der Waals surface area contributed by atoms with Gasteiger partial charge in [0, 0.05) is 11.6 Å². The van der Waals surface area contributed by atoms with Crippen LogP contribution in [0.5, 0.6) is 0 Å². The zero-order valence-corrected chi connectivity index (χ0v) is 13.6. The zero-order valence-electron chi connectivity index (χ0n) is 12.0. The number of carbonyl (C=O) groups is 2. The van der Waals surface area contributed by atoms with E-state index >= 15 is 0 Å². The van der Waals surface area contributed by atoms with Crippen molar-refractivity contribution >= 4 is 35.4 Å². The third kappa shape index (κ3) is 6.73. The van der Waals surface area contributed by atoms with Crippen molar-refractivity contribution in [2.45, 2.75) is 19.0 Å². The maximum atomic E-state index is 11.8. The number of amides is 2. The molecule has 0 saturated heterocycles. The highest BCUT2D eigenvalue weighted by Gasteiger charge is 2.20. The largest absolute Gasteiger partial charge is 0.467 e. The normalized spacial score (nSPS) is 11.6. The molecule has 0 saturated carbocycles. The first-order chi connectivity index (χ1) is 10.1. The fourth-order valence-corrected chi connectivity index (χ4v) is 2.22. The Labute approximate surface area is 133 Å². The third-order valence-corrected chi connectivity index (χ3v) is 3.66. The molecular weight excluding hydrogens is 312 g/mol. The highest BCUT2D eigenvalue weighted by molar-refractivity contribution is 7.98. The van der Waals surface area contributed by atoms with Crippen molar-refractivity contribution in [1.29, 1.82) is 0 Å². The molecule has 0 aliphatic carbocycles. The van der Waals surface area contributed by atoms with Crippen molar-refractivity contribution in [3.8, 4) is 0 Å². The monoisotopic (exact) mass is 330 g/mol. The molecule has 7 heteroatoms. The van der Waals surface area contributed by atoms with E-state index in [9.17, 15) is 9.59 Å². The van der Waals surface area contributed by atoms with Gasteiger partial charge in [-0.05, 0) is 36.1 Å². The second-order valence-corrected chi connectivity index (χ2v) is 5.73. The van der Waals surface area contributed by atoms with E-state index in [0.717, 1.165) is 11.3 Å². The van der Waals surface area contributed by atoms with E-state index in [0.29, 0.717) is 18.0 Å². The van der Waals surface area contributed by atoms with E-state index in [4.69, 9.17) is 11.6 Å². The number of benzene rings is 1. The predicted molar refractivity (Wildman–Crippen MR) is 85.6 cm³/mol. The molecule has 1 rings (SSSR count). The van der Waals surface area contributed by atoms with Crippen LogP contribution in [0.1, 0.15) is 12.0 Å². The first kappa shape index (κ1) is 17.7. The maximum Gasteiger partial charge on any atom is 0.328 e. The summed E-state index contributed by atoms with van der Waals surface area (Å²) in [6.07, 6.45) is 2.47. The zero-order chi connectivity index (χ0) is 15.7. The Morgan fingerprint density at radius 1 is 1.33 bits per heavy atom. The predicted octanol–water partition coefficient (Wildman–Crippen LogP) is 2.43. The van der Waals surface area contributed by atoms with Crippen LogP contribution in [0, 0.1) is 0 Å². The number of ether oxygens (including phenoxy) is 1. The minimum absolute atomic E-state index is 0.361. The fraction of sp³-hybridized carbons (Fsp3) is 0.429. The minimum Gasteiger partial charge on any atom is -0.467 e. The molecule has 0 heterocycles. The molecule has 2 N–H and O–H groups in total. The lowest BCUT2D eigenvalue weighted by Gasteiger charge is -2.16. The van der Waals surface area contributed by atoms with Crippen molar-refractivity contribution in [3.63, 3.8) is 0 Å². The number of urea groups is 1. The molecule has 5 nitrogen and oxygen atoms in total. The molecule has 0 radical (unpaired) electrons. The van der Waals surface area contributed by atoms with Gasteiger partial charge in [-0.15, -0.1) is 0 Å². The van der Waals surface area contributed by atoms with Crippen molar-refractivity contribution in [1.82, 2.24) is 10.6 Å². The number of hydrogen-bond acceptors (Lipinski definition) is 4. The average molecular weight is 331 g/mol. The number of halogens is 1. The second-order valence-electron chi connectivity index (χ2n) is 4.31. The van der Waals surface area contributed by atoms with Crippen molar-refractivity contribution < 1.29 is 14.3 Å². The molecule has 2 amide bonds. The molecule has 0 unspecified atom stereocenters. The summed E-state index contributed by atoms with van der Waals surface area (Å²) < 4.78 is 4.68. The quantitative estimate of drug-likeness (QED) is 0.753. The molecule has 116 valence electrons. The lowest BCUT2D eigenvalue weighted by atomic mass is 10.2. The lowest BCUT2D eigenvalue weighted by Crippen LogP contribution is -2.46. The highest BCUT2D eigenvalue weighted by atomic mass is 35.5. The molecule has 0 bridgehead atoms. The van der Waals surface area contributed by atoms with E-state index in [-0.39, 0.29) is 0 Å². The van der Waals surface area contributed by atoms with E-state index in [1.807, 2.05) is 18.4 Å². The van der Waals surface area contributed by atoms with Gasteiger partial charge < -0.3 is 15.4 Å². The second kappa shape index (κ2) is 9.52.